The van der Waals surface area contributed by atoms with Gasteiger partial charge in [0.2, 0.25) is 0 Å². The third-order valence-corrected chi connectivity index (χ3v) is 4.66. The van der Waals surface area contributed by atoms with Gasteiger partial charge in [0.25, 0.3) is 0 Å². The van der Waals surface area contributed by atoms with E-state index in [1.54, 1.807) is 0 Å². The average molecular weight is 226 g/mol. The molecule has 0 spiro atoms. The predicted octanol–water partition coefficient (Wildman–Crippen LogP) is 3.04. The zero-order valence-corrected chi connectivity index (χ0v) is 10.6. The zero-order valence-electron chi connectivity index (χ0n) is 9.83. The van der Waals surface area contributed by atoms with Crippen molar-refractivity contribution in [2.45, 2.75) is 58.0 Å². The largest absolute Gasteiger partial charge is 0.362 e. The van der Waals surface area contributed by atoms with Crippen molar-refractivity contribution in [1.29, 1.82) is 0 Å². The lowest BCUT2D eigenvalue weighted by molar-refractivity contribution is 0.335. The fourth-order valence-electron chi connectivity index (χ4n) is 2.32. The van der Waals surface area contributed by atoms with Gasteiger partial charge in [0.15, 0.2) is 5.17 Å². The third-order valence-electron chi connectivity index (χ3n) is 3.57. The van der Waals surface area contributed by atoms with Crippen LogP contribution in [0.2, 0.25) is 0 Å². The predicted molar refractivity (Wildman–Crippen MR) is 68.5 cm³/mol. The fourth-order valence-corrected chi connectivity index (χ4v) is 3.57. The molecule has 0 aromatic rings. The Bertz CT molecular complexity index is 240. The van der Waals surface area contributed by atoms with Gasteiger partial charge in [-0.3, -0.25) is 4.99 Å². The molecule has 1 aliphatic heterocycles. The molecule has 0 saturated heterocycles. The van der Waals surface area contributed by atoms with E-state index >= 15 is 0 Å². The summed E-state index contributed by atoms with van der Waals surface area (Å²) in [5.41, 5.74) is 0. The molecular weight excluding hydrogens is 204 g/mol. The molecule has 1 saturated carbocycles. The molecule has 0 bridgehead atoms. The maximum atomic E-state index is 4.86. The number of thioether (sulfide) groups is 1. The van der Waals surface area contributed by atoms with Gasteiger partial charge in [-0.15, -0.1) is 0 Å². The molecule has 1 N–H and O–H groups in total. The number of nitrogens with zero attached hydrogens (tertiary/aromatic N) is 1. The van der Waals surface area contributed by atoms with Crippen molar-refractivity contribution in [3.05, 3.63) is 0 Å². The molecule has 2 aliphatic rings. The first-order chi connectivity index (χ1) is 7.29. The second kappa shape index (κ2) is 5.24. The van der Waals surface area contributed by atoms with Gasteiger partial charge in [0.1, 0.15) is 0 Å². The van der Waals surface area contributed by atoms with Gasteiger partial charge in [0.05, 0.1) is 6.04 Å². The van der Waals surface area contributed by atoms with E-state index in [0.29, 0.717) is 12.1 Å². The molecule has 1 fully saturated rings. The summed E-state index contributed by atoms with van der Waals surface area (Å²) in [6, 6.07) is 1.20. The van der Waals surface area contributed by atoms with Gasteiger partial charge in [-0.2, -0.15) is 0 Å². The maximum Gasteiger partial charge on any atom is 0.157 e. The monoisotopic (exact) mass is 226 g/mol. The minimum Gasteiger partial charge on any atom is -0.362 e. The van der Waals surface area contributed by atoms with Crippen molar-refractivity contribution in [3.8, 4) is 0 Å². The third kappa shape index (κ3) is 2.90. The molecule has 3 atom stereocenters. The highest BCUT2D eigenvalue weighted by molar-refractivity contribution is 8.13. The number of hydrogen-bond donors (Lipinski definition) is 1. The minimum atomic E-state index is 0.566. The van der Waals surface area contributed by atoms with E-state index in [2.05, 4.69) is 19.2 Å². The van der Waals surface area contributed by atoms with E-state index in [-0.39, 0.29) is 0 Å². The summed E-state index contributed by atoms with van der Waals surface area (Å²) in [5.74, 6) is 2.15. The Morgan fingerprint density at radius 2 is 2.27 bits per heavy atom. The summed E-state index contributed by atoms with van der Waals surface area (Å²) >= 11 is 1.93. The van der Waals surface area contributed by atoms with Crippen LogP contribution in [0.4, 0.5) is 0 Å². The van der Waals surface area contributed by atoms with Crippen molar-refractivity contribution in [2.75, 3.05) is 5.75 Å². The van der Waals surface area contributed by atoms with Crippen LogP contribution in [-0.4, -0.2) is 23.0 Å². The van der Waals surface area contributed by atoms with Crippen LogP contribution in [0, 0.1) is 5.92 Å². The smallest absolute Gasteiger partial charge is 0.157 e. The summed E-state index contributed by atoms with van der Waals surface area (Å²) in [4.78, 5) is 4.86. The molecule has 2 rings (SSSR count). The number of hydrogen-bond acceptors (Lipinski definition) is 3. The quantitative estimate of drug-likeness (QED) is 0.782. The van der Waals surface area contributed by atoms with Crippen molar-refractivity contribution in [3.63, 3.8) is 0 Å². The summed E-state index contributed by atoms with van der Waals surface area (Å²) in [6.07, 6.45) is 6.69. The van der Waals surface area contributed by atoms with Crippen LogP contribution in [0.3, 0.4) is 0 Å². The molecule has 0 aromatic heterocycles. The van der Waals surface area contributed by atoms with Crippen LogP contribution < -0.4 is 5.32 Å². The Morgan fingerprint density at radius 1 is 1.47 bits per heavy atom. The van der Waals surface area contributed by atoms with Gasteiger partial charge < -0.3 is 5.32 Å². The van der Waals surface area contributed by atoms with Gasteiger partial charge in [-0.25, -0.2) is 0 Å². The normalized spacial score (nSPS) is 32.8. The summed E-state index contributed by atoms with van der Waals surface area (Å²) < 4.78 is 0. The molecule has 1 heterocycles. The standard InChI is InChI=1S/C12H22N2S/c1-3-9(2)13-12-14-11-7-5-4-6-10(11)8-15-12/h9-11H,3-8H2,1-2H3,(H,13,14). The highest BCUT2D eigenvalue weighted by Crippen LogP contribution is 2.33. The fraction of sp³-hybridized carbons (Fsp3) is 0.917. The number of amidine groups is 1. The molecule has 1 aliphatic carbocycles. The second-order valence-electron chi connectivity index (χ2n) is 4.81. The Labute approximate surface area is 97.3 Å². The Hall–Kier alpha value is -0.180. The van der Waals surface area contributed by atoms with Crippen LogP contribution in [0.5, 0.6) is 0 Å². The topological polar surface area (TPSA) is 24.4 Å². The number of rotatable bonds is 2. The Kier molecular flexibility index (Phi) is 3.95. The lowest BCUT2D eigenvalue weighted by Crippen LogP contribution is -2.37. The van der Waals surface area contributed by atoms with E-state index in [1.807, 2.05) is 11.8 Å². The van der Waals surface area contributed by atoms with Gasteiger partial charge in [0, 0.05) is 11.8 Å². The van der Waals surface area contributed by atoms with Crippen molar-refractivity contribution >= 4 is 16.9 Å². The van der Waals surface area contributed by atoms with E-state index in [1.165, 1.54) is 43.0 Å². The molecule has 0 radical (unpaired) electrons. The summed E-state index contributed by atoms with van der Waals surface area (Å²) in [5, 5.41) is 4.72. The summed E-state index contributed by atoms with van der Waals surface area (Å²) in [7, 11) is 0. The second-order valence-corrected chi connectivity index (χ2v) is 5.82. The Morgan fingerprint density at radius 3 is 3.07 bits per heavy atom. The number of fused-ring (bicyclic) bond motifs is 1. The molecule has 2 nitrogen and oxygen atoms in total. The minimum absolute atomic E-state index is 0.566. The number of nitrogens with one attached hydrogen (secondary N) is 1. The Balaban J connectivity index is 1.93. The molecule has 3 unspecified atom stereocenters. The molecular formula is C12H22N2S. The first-order valence-electron chi connectivity index (χ1n) is 6.26. The van der Waals surface area contributed by atoms with E-state index < -0.39 is 0 Å². The van der Waals surface area contributed by atoms with Crippen LogP contribution in [0.1, 0.15) is 46.0 Å². The SMILES string of the molecule is CCC(C)NC1=NC2CCCCC2CS1. The average Bonchev–Trinajstić information content (AvgIpc) is 2.29. The van der Waals surface area contributed by atoms with Crippen LogP contribution in [0.15, 0.2) is 4.99 Å². The molecule has 0 aromatic carbocycles. The molecule has 15 heavy (non-hydrogen) atoms. The van der Waals surface area contributed by atoms with Gasteiger partial charge >= 0.3 is 0 Å². The van der Waals surface area contributed by atoms with E-state index in [4.69, 9.17) is 4.99 Å². The molecule has 3 heteroatoms. The highest BCUT2D eigenvalue weighted by atomic mass is 32.2. The van der Waals surface area contributed by atoms with Crippen molar-refractivity contribution in [1.82, 2.24) is 5.32 Å². The van der Waals surface area contributed by atoms with Gasteiger partial charge in [-0.05, 0) is 32.1 Å². The van der Waals surface area contributed by atoms with Crippen LogP contribution in [-0.2, 0) is 0 Å². The molecule has 0 amide bonds. The van der Waals surface area contributed by atoms with E-state index in [9.17, 15) is 0 Å². The lowest BCUT2D eigenvalue weighted by atomic mass is 9.86. The van der Waals surface area contributed by atoms with Crippen molar-refractivity contribution in [2.24, 2.45) is 10.9 Å². The van der Waals surface area contributed by atoms with Gasteiger partial charge in [-0.1, -0.05) is 31.5 Å². The van der Waals surface area contributed by atoms with Crippen molar-refractivity contribution < 1.29 is 0 Å². The number of aliphatic imine (C=N–C) groups is 1. The summed E-state index contributed by atoms with van der Waals surface area (Å²) in [6.45, 7) is 4.45. The van der Waals surface area contributed by atoms with Crippen LogP contribution >= 0.6 is 11.8 Å². The maximum absolute atomic E-state index is 4.86. The zero-order chi connectivity index (χ0) is 10.7. The first kappa shape index (κ1) is 11.3. The van der Waals surface area contributed by atoms with E-state index in [0.717, 1.165) is 5.92 Å². The lowest BCUT2D eigenvalue weighted by Gasteiger charge is -2.33. The van der Waals surface area contributed by atoms with Crippen LogP contribution in [0.25, 0.3) is 0 Å². The first-order valence-corrected chi connectivity index (χ1v) is 7.25. The molecule has 86 valence electrons. The highest BCUT2D eigenvalue weighted by Gasteiger charge is 2.29.